The molecule has 0 aliphatic heterocycles. The highest BCUT2D eigenvalue weighted by Gasteiger charge is 2.25. The first-order valence-corrected chi connectivity index (χ1v) is 40.2. The molecule has 0 aromatic heterocycles. The van der Waals surface area contributed by atoms with Crippen molar-refractivity contribution in [3.63, 3.8) is 0 Å². The molecule has 11 atom stereocenters. The van der Waals surface area contributed by atoms with Gasteiger partial charge >= 0.3 is 59.8 Å². The predicted octanol–water partition coefficient (Wildman–Crippen LogP) is 6.91. The molecule has 0 saturated carbocycles. The highest BCUT2D eigenvalue weighted by atomic mass is 32.2. The third kappa shape index (κ3) is 88.4. The number of ether oxygens (including phenoxy) is 5. The molecule has 0 heterocycles. The van der Waals surface area contributed by atoms with Gasteiger partial charge in [-0.2, -0.15) is 47.0 Å². The Hall–Kier alpha value is -6.46. The van der Waals surface area contributed by atoms with Crippen molar-refractivity contribution in [2.24, 2.45) is 35.1 Å². The van der Waals surface area contributed by atoms with E-state index in [0.717, 1.165) is 77.0 Å². The quantitative estimate of drug-likeness (QED) is 0.0275. The minimum Gasteiger partial charge on any atom is -0.481 e. The van der Waals surface area contributed by atoms with E-state index in [-0.39, 0.29) is 87.6 Å². The number of alkyl carbamates (subject to hydrolysis) is 1. The number of thioether (sulfide) groups is 4. The number of nitrogens with one attached hydrogen (secondary N) is 5. The standard InChI is InChI=1S/2C14H28N2O3.C8H15NO5.C6H11NO4S.C6H11NO3S.2C5H10O3.2C5H10O2S.CH4/c2*1-3-5-7-9-11(15)13(17)16-12(14(18)19)10-8-6-4-2;1-13-4-3-7(10)9-6(5-14-2)8(11)12;1-11-6(10)7-4(3-12-2)5(8)9;1-4(8)7-5(3-11-2)6(9)10;4*1-4(3-8-2)5(6)7;/h2*11-12H,3-10,15H2,1-2H3,(H,16,17)(H,18,19);6H,3-5H2,1-2H3,(H,9,10)(H,11,12);4H,3H2,1-2H3,(H,7,10)(H,8,9);5H,3H2,1-2H3,(H,7,8)(H,9,10);4*4H,3H2,1-2H3,(H,6,7);1H4. The fraction of sp³-hybridized carbons (Fsp3) is 0.797. The largest absolute Gasteiger partial charge is 0.481 e. The number of carboxylic acid groups (broad SMARTS) is 9. The molecule has 11 unspecified atom stereocenters. The Balaban J connectivity index is -0.000000127. The molecule has 0 radical (unpaired) electrons. The Morgan fingerprint density at radius 1 is 0.352 bits per heavy atom. The smallest absolute Gasteiger partial charge is 0.407 e. The van der Waals surface area contributed by atoms with Gasteiger partial charge in [-0.15, -0.1) is 0 Å². The van der Waals surface area contributed by atoms with Crippen molar-refractivity contribution in [2.75, 3.05) is 110 Å². The van der Waals surface area contributed by atoms with Crippen LogP contribution in [-0.4, -0.2) is 282 Å². The zero-order chi connectivity index (χ0) is 85.0. The maximum Gasteiger partial charge on any atom is 0.407 e. The second-order valence-corrected chi connectivity index (χ2v) is 27.1. The van der Waals surface area contributed by atoms with Crippen LogP contribution in [0.15, 0.2) is 0 Å². The Labute approximate surface area is 657 Å². The topological polar surface area (TPSA) is 579 Å². The fourth-order valence-corrected chi connectivity index (χ4v) is 9.38. The highest BCUT2D eigenvalue weighted by molar-refractivity contribution is 7.99. The molecule has 39 heteroatoms. The monoisotopic (exact) mass is 1640 g/mol. The molecule has 0 aliphatic rings. The summed E-state index contributed by atoms with van der Waals surface area (Å²) >= 11 is 5.84. The predicted molar refractivity (Wildman–Crippen MR) is 423 cm³/mol. The van der Waals surface area contributed by atoms with Crippen LogP contribution in [0, 0.1) is 23.7 Å². The number of hydrogen-bond acceptors (Lipinski definition) is 25. The lowest BCUT2D eigenvalue weighted by molar-refractivity contribution is -0.143. The molecule has 0 aromatic carbocycles. The number of aliphatic carboxylic acids is 9. The molecular weight excluding hydrogens is 1500 g/mol. The number of amides is 5. The summed E-state index contributed by atoms with van der Waals surface area (Å²) in [7, 11) is 7.00. The Kier molecular flexibility index (Phi) is 97.7. The first kappa shape index (κ1) is 122. The van der Waals surface area contributed by atoms with E-state index < -0.39 is 102 Å². The summed E-state index contributed by atoms with van der Waals surface area (Å²) in [5, 5.41) is 88.8. The van der Waals surface area contributed by atoms with Crippen LogP contribution in [0.2, 0.25) is 0 Å². The van der Waals surface area contributed by atoms with Gasteiger partial charge < -0.3 is 108 Å². The summed E-state index contributed by atoms with van der Waals surface area (Å²) in [4.78, 5) is 149. The molecule has 0 bridgehead atoms. The molecule has 5 amide bonds. The summed E-state index contributed by atoms with van der Waals surface area (Å²) in [5.74, 6) is -8.60. The highest BCUT2D eigenvalue weighted by Crippen LogP contribution is 2.10. The minimum absolute atomic E-state index is 0. The van der Waals surface area contributed by atoms with Crippen LogP contribution in [-0.2, 0) is 86.0 Å². The number of carboxylic acids is 9. The number of carbonyl (C=O) groups is 14. The van der Waals surface area contributed by atoms with Gasteiger partial charge in [0.25, 0.3) is 0 Å². The Bertz CT molecular complexity index is 2220. The molecular formula is C69H137N7O28S4. The zero-order valence-electron chi connectivity index (χ0n) is 66.1. The number of methoxy groups -OCH3 is 5. The molecule has 0 saturated heterocycles. The van der Waals surface area contributed by atoms with E-state index in [0.29, 0.717) is 48.7 Å². The molecule has 0 fully saturated rings. The van der Waals surface area contributed by atoms with Crippen LogP contribution in [0.5, 0.6) is 0 Å². The van der Waals surface area contributed by atoms with Crippen LogP contribution in [0.4, 0.5) is 4.79 Å². The van der Waals surface area contributed by atoms with E-state index in [4.69, 9.17) is 57.4 Å². The summed E-state index contributed by atoms with van der Waals surface area (Å²) < 4.78 is 22.7. The fourth-order valence-electron chi connectivity index (χ4n) is 6.98. The Morgan fingerprint density at radius 2 is 0.639 bits per heavy atom. The molecule has 0 spiro atoms. The molecule has 18 N–H and O–H groups in total. The van der Waals surface area contributed by atoms with E-state index in [1.54, 1.807) is 63.7 Å². The average Bonchev–Trinajstić information content (AvgIpc) is 0.925. The van der Waals surface area contributed by atoms with Gasteiger partial charge in [0.1, 0.15) is 24.2 Å². The van der Waals surface area contributed by atoms with E-state index in [9.17, 15) is 67.1 Å². The lowest BCUT2D eigenvalue weighted by Crippen LogP contribution is -2.48. The lowest BCUT2D eigenvalue weighted by atomic mass is 10.1. The van der Waals surface area contributed by atoms with Gasteiger partial charge in [-0.1, -0.05) is 126 Å². The van der Waals surface area contributed by atoms with Gasteiger partial charge in [-0.3, -0.25) is 38.4 Å². The van der Waals surface area contributed by atoms with Crippen LogP contribution < -0.4 is 38.1 Å². The van der Waals surface area contributed by atoms with Crippen molar-refractivity contribution in [3.8, 4) is 0 Å². The second kappa shape index (κ2) is 86.1. The van der Waals surface area contributed by atoms with Gasteiger partial charge in [-0.25, -0.2) is 28.8 Å². The van der Waals surface area contributed by atoms with Crippen LogP contribution >= 0.6 is 47.0 Å². The van der Waals surface area contributed by atoms with Gasteiger partial charge in [0.05, 0.1) is 69.3 Å². The maximum atomic E-state index is 11.8. The summed E-state index contributed by atoms with van der Waals surface area (Å²) in [6, 6.07) is -5.45. The SMILES string of the molecule is C.CCCCCC(N)C(=O)NC(CCCCC)C(=O)O.CCCCCC(N)C(=O)NC(CCCCC)C(=O)O.COC(=O)NC(CSC)C(=O)O.COCC(C)C(=O)O.COCC(C)C(=O)O.COCCC(=O)NC(COC)C(=O)O.CSCC(C)C(=O)O.CSCC(C)C(=O)O.CSCC(NC(C)=O)C(=O)O. The number of carbonyl (C=O) groups excluding carboxylic acids is 5. The second-order valence-electron chi connectivity index (χ2n) is 23.5. The first-order valence-electron chi connectivity index (χ1n) is 34.6. The van der Waals surface area contributed by atoms with Crippen molar-refractivity contribution < 1.29 is 137 Å². The summed E-state index contributed by atoms with van der Waals surface area (Å²) in [5.41, 5.74) is 11.5. The van der Waals surface area contributed by atoms with E-state index in [1.807, 2.05) is 12.5 Å². The number of hydrogen-bond donors (Lipinski definition) is 16. The zero-order valence-corrected chi connectivity index (χ0v) is 69.4. The van der Waals surface area contributed by atoms with Crippen LogP contribution in [0.25, 0.3) is 0 Å². The van der Waals surface area contributed by atoms with E-state index in [1.165, 1.54) is 66.0 Å². The van der Waals surface area contributed by atoms with Gasteiger partial charge in [0.15, 0.2) is 6.04 Å². The van der Waals surface area contributed by atoms with E-state index in [2.05, 4.69) is 78.0 Å². The molecule has 108 heavy (non-hydrogen) atoms. The third-order valence-corrected chi connectivity index (χ3v) is 16.3. The number of rotatable bonds is 49. The number of unbranched alkanes of at least 4 members (excludes halogenated alkanes) is 8. The van der Waals surface area contributed by atoms with Crippen molar-refractivity contribution in [3.05, 3.63) is 0 Å². The maximum absolute atomic E-state index is 11.8. The normalized spacial score (nSPS) is 12.9. The first-order chi connectivity index (χ1) is 50.1. The summed E-state index contributed by atoms with van der Waals surface area (Å²) in [6.45, 7) is 17.0. The molecule has 640 valence electrons. The van der Waals surface area contributed by atoms with Crippen LogP contribution in [0.1, 0.15) is 179 Å². The Morgan fingerprint density at radius 3 is 0.852 bits per heavy atom. The minimum atomic E-state index is -1.11. The lowest BCUT2D eigenvalue weighted by Gasteiger charge is -2.17. The van der Waals surface area contributed by atoms with Crippen molar-refractivity contribution >= 4 is 130 Å². The van der Waals surface area contributed by atoms with E-state index >= 15 is 0 Å². The molecule has 0 aliphatic carbocycles. The van der Waals surface area contributed by atoms with Crippen molar-refractivity contribution in [1.29, 1.82) is 0 Å². The van der Waals surface area contributed by atoms with Crippen molar-refractivity contribution in [1.82, 2.24) is 26.6 Å². The average molecular weight is 1640 g/mol. The summed E-state index contributed by atoms with van der Waals surface area (Å²) in [6.07, 6.45) is 20.6. The molecule has 0 aromatic rings. The van der Waals surface area contributed by atoms with Gasteiger partial charge in [0.2, 0.25) is 23.6 Å². The van der Waals surface area contributed by atoms with Crippen molar-refractivity contribution in [2.45, 2.75) is 221 Å². The third-order valence-electron chi connectivity index (χ3n) is 13.3. The van der Waals surface area contributed by atoms with Gasteiger partial charge in [-0.05, 0) is 64.6 Å². The number of nitrogens with two attached hydrogens (primary N) is 2. The molecule has 35 nitrogen and oxygen atoms in total. The van der Waals surface area contributed by atoms with Gasteiger partial charge in [0, 0.05) is 64.8 Å². The molecule has 0 rings (SSSR count). The van der Waals surface area contributed by atoms with Crippen LogP contribution in [0.3, 0.4) is 0 Å².